The smallest absolute Gasteiger partial charge is 0.283 e. The van der Waals surface area contributed by atoms with Gasteiger partial charge >= 0.3 is 0 Å². The zero-order valence-corrected chi connectivity index (χ0v) is 17.8. The van der Waals surface area contributed by atoms with Crippen LogP contribution in [0.1, 0.15) is 45.6 Å². The summed E-state index contributed by atoms with van der Waals surface area (Å²) in [5.74, 6) is 0.666. The van der Waals surface area contributed by atoms with Crippen molar-refractivity contribution >= 4 is 29.4 Å². The number of hydrogen-bond acceptors (Lipinski definition) is 7. The van der Waals surface area contributed by atoms with E-state index in [-0.39, 0.29) is 21.4 Å². The van der Waals surface area contributed by atoms with Gasteiger partial charge in [0.2, 0.25) is 0 Å². The summed E-state index contributed by atoms with van der Waals surface area (Å²) in [6.45, 7) is 6.94. The molecule has 2 aromatic rings. The topological polar surface area (TPSA) is 98.6 Å². The van der Waals surface area contributed by atoms with Gasteiger partial charge < -0.3 is 4.57 Å². The first-order chi connectivity index (χ1) is 13.7. The molecule has 9 heteroatoms. The fourth-order valence-electron chi connectivity index (χ4n) is 4.55. The van der Waals surface area contributed by atoms with E-state index in [4.69, 9.17) is 0 Å². The van der Waals surface area contributed by atoms with Gasteiger partial charge in [0, 0.05) is 29.8 Å². The van der Waals surface area contributed by atoms with Gasteiger partial charge in [-0.05, 0) is 48.4 Å². The lowest BCUT2D eigenvalue weighted by Crippen LogP contribution is -2.32. The Balaban J connectivity index is 1.56. The second kappa shape index (κ2) is 7.05. The molecule has 152 valence electrons. The van der Waals surface area contributed by atoms with Crippen molar-refractivity contribution in [3.8, 4) is 0 Å². The molecule has 29 heavy (non-hydrogen) atoms. The van der Waals surface area contributed by atoms with Gasteiger partial charge in [0.05, 0.1) is 16.0 Å². The number of benzene rings is 1. The second-order valence-corrected chi connectivity index (χ2v) is 9.60. The lowest BCUT2D eigenvalue weighted by molar-refractivity contribution is -0.387. The van der Waals surface area contributed by atoms with Crippen LogP contribution in [0.15, 0.2) is 44.8 Å². The molecule has 1 heterocycles. The number of nitro groups is 1. The molecule has 8 nitrogen and oxygen atoms in total. The quantitative estimate of drug-likeness (QED) is 0.409. The highest BCUT2D eigenvalue weighted by atomic mass is 32.2. The normalized spacial score (nSPS) is 26.6. The predicted molar refractivity (Wildman–Crippen MR) is 112 cm³/mol. The predicted octanol–water partition coefficient (Wildman–Crippen LogP) is 4.50. The van der Waals surface area contributed by atoms with Crippen LogP contribution in [0.5, 0.6) is 0 Å². The number of aromatic nitrogens is 3. The van der Waals surface area contributed by atoms with E-state index in [2.05, 4.69) is 41.2 Å². The number of aryl methyl sites for hydroxylation is 1. The maximum absolute atomic E-state index is 11.5. The van der Waals surface area contributed by atoms with Crippen molar-refractivity contribution in [2.24, 2.45) is 34.0 Å². The van der Waals surface area contributed by atoms with Gasteiger partial charge in [0.25, 0.3) is 5.69 Å². The highest BCUT2D eigenvalue weighted by Crippen LogP contribution is 2.64. The number of fused-ring (bicyclic) bond motifs is 2. The minimum atomic E-state index is -0.387. The van der Waals surface area contributed by atoms with Crippen LogP contribution in [0.2, 0.25) is 0 Å². The first-order valence-electron chi connectivity index (χ1n) is 9.63. The number of hydrogen-bond donors (Lipinski definition) is 0. The maximum atomic E-state index is 11.5. The first-order valence-corrected chi connectivity index (χ1v) is 10.4. The van der Waals surface area contributed by atoms with Crippen molar-refractivity contribution in [1.82, 2.24) is 14.8 Å². The van der Waals surface area contributed by atoms with E-state index >= 15 is 0 Å². The molecule has 0 saturated heterocycles. The highest BCUT2D eigenvalue weighted by Gasteiger charge is 2.59. The van der Waals surface area contributed by atoms with Gasteiger partial charge in [-0.25, -0.2) is 0 Å². The second-order valence-electron chi connectivity index (χ2n) is 8.60. The Labute approximate surface area is 173 Å². The van der Waals surface area contributed by atoms with Crippen LogP contribution in [0, 0.1) is 26.9 Å². The van der Waals surface area contributed by atoms with Crippen molar-refractivity contribution in [3.05, 3.63) is 40.2 Å². The summed E-state index contributed by atoms with van der Waals surface area (Å²) in [7, 11) is 1.80. The summed E-state index contributed by atoms with van der Waals surface area (Å²) >= 11 is 1.21. The summed E-state index contributed by atoms with van der Waals surface area (Å²) in [5.41, 5.74) is 2.16. The lowest BCUT2D eigenvalue weighted by Gasteiger charge is -2.34. The van der Waals surface area contributed by atoms with Crippen LogP contribution in [0.3, 0.4) is 0 Å². The fraction of sp³-hybridized carbons (Fsp3) is 0.500. The van der Waals surface area contributed by atoms with Gasteiger partial charge in [0.15, 0.2) is 5.16 Å². The molecule has 2 unspecified atom stereocenters. The average molecular weight is 413 g/mol. The minimum absolute atomic E-state index is 0.0163. The Morgan fingerprint density at radius 1 is 1.38 bits per heavy atom. The Morgan fingerprint density at radius 2 is 2.17 bits per heavy atom. The van der Waals surface area contributed by atoms with E-state index in [1.54, 1.807) is 30.2 Å². The molecule has 0 radical (unpaired) electrons. The summed E-state index contributed by atoms with van der Waals surface area (Å²) in [4.78, 5) is 11.7. The van der Waals surface area contributed by atoms with E-state index in [1.807, 2.05) is 6.07 Å². The summed E-state index contributed by atoms with van der Waals surface area (Å²) in [5, 5.41) is 28.7. The Kier molecular flexibility index (Phi) is 4.80. The summed E-state index contributed by atoms with van der Waals surface area (Å²) < 4.78 is 1.72. The molecule has 2 aliphatic rings. The molecular formula is C20H24N6O2S. The van der Waals surface area contributed by atoms with Crippen LogP contribution in [-0.4, -0.2) is 31.6 Å². The Morgan fingerprint density at radius 3 is 2.76 bits per heavy atom. The SMILES string of the molecule is Cn1cnnc1Sc1ccc(/C=N/N=C2/CC3CCC2(C)C3(C)C)cc1[N+](=O)[O-]. The van der Waals surface area contributed by atoms with Crippen molar-refractivity contribution in [2.75, 3.05) is 0 Å². The summed E-state index contributed by atoms with van der Waals surface area (Å²) in [6, 6.07) is 5.05. The van der Waals surface area contributed by atoms with Gasteiger partial charge in [-0.15, -0.1) is 10.2 Å². The van der Waals surface area contributed by atoms with Crippen LogP contribution in [0.4, 0.5) is 5.69 Å². The number of nitrogens with zero attached hydrogens (tertiary/aromatic N) is 6. The molecular weight excluding hydrogens is 388 g/mol. The molecule has 1 aromatic heterocycles. The third-order valence-corrected chi connectivity index (χ3v) is 8.07. The van der Waals surface area contributed by atoms with E-state index in [1.165, 1.54) is 24.2 Å². The first kappa shape index (κ1) is 19.8. The monoisotopic (exact) mass is 412 g/mol. The van der Waals surface area contributed by atoms with Crippen molar-refractivity contribution in [3.63, 3.8) is 0 Å². The zero-order valence-electron chi connectivity index (χ0n) is 17.0. The van der Waals surface area contributed by atoms with E-state index in [9.17, 15) is 10.1 Å². The van der Waals surface area contributed by atoms with Crippen LogP contribution in [0.25, 0.3) is 0 Å². The molecule has 2 aliphatic carbocycles. The molecule has 0 amide bonds. The molecule has 0 aliphatic heterocycles. The van der Waals surface area contributed by atoms with Gasteiger partial charge in [0.1, 0.15) is 6.33 Å². The molecule has 2 fully saturated rings. The van der Waals surface area contributed by atoms with Crippen LogP contribution >= 0.6 is 11.8 Å². The lowest BCUT2D eigenvalue weighted by atomic mass is 9.70. The average Bonchev–Trinajstić information content (AvgIpc) is 3.23. The summed E-state index contributed by atoms with van der Waals surface area (Å²) in [6.07, 6.45) is 6.56. The number of rotatable bonds is 5. The minimum Gasteiger partial charge on any atom is -0.311 e. The van der Waals surface area contributed by atoms with Crippen molar-refractivity contribution in [1.29, 1.82) is 0 Å². The van der Waals surface area contributed by atoms with Crippen LogP contribution < -0.4 is 0 Å². The largest absolute Gasteiger partial charge is 0.311 e. The molecule has 2 atom stereocenters. The van der Waals surface area contributed by atoms with Gasteiger partial charge in [-0.1, -0.05) is 26.8 Å². The van der Waals surface area contributed by atoms with E-state index < -0.39 is 0 Å². The Hall–Kier alpha value is -2.55. The number of nitro benzene ring substituents is 1. The fourth-order valence-corrected chi connectivity index (χ4v) is 5.40. The van der Waals surface area contributed by atoms with Gasteiger partial charge in [-0.3, -0.25) is 10.1 Å². The standard InChI is InChI=1S/C20H24N6O2S/c1-19(2)14-7-8-20(19,3)17(10-14)23-21-11-13-5-6-16(15(9-13)26(27)28)29-18-24-22-12-25(18)4/h5-6,9,11-12,14H,7-8,10H2,1-4H3/b21-11+,23-17-. The third-order valence-electron chi connectivity index (χ3n) is 6.95. The van der Waals surface area contributed by atoms with Gasteiger partial charge in [-0.2, -0.15) is 10.2 Å². The van der Waals surface area contributed by atoms with Crippen molar-refractivity contribution < 1.29 is 4.92 Å². The van der Waals surface area contributed by atoms with E-state index in [0.29, 0.717) is 21.5 Å². The zero-order chi connectivity index (χ0) is 20.8. The molecule has 2 bridgehead atoms. The maximum Gasteiger partial charge on any atom is 0.283 e. The molecule has 4 rings (SSSR count). The highest BCUT2D eigenvalue weighted by molar-refractivity contribution is 7.99. The molecule has 1 aromatic carbocycles. The van der Waals surface area contributed by atoms with E-state index in [0.717, 1.165) is 18.6 Å². The van der Waals surface area contributed by atoms with Crippen LogP contribution in [-0.2, 0) is 7.05 Å². The molecule has 0 spiro atoms. The third kappa shape index (κ3) is 3.27. The molecule has 0 N–H and O–H groups in total. The van der Waals surface area contributed by atoms with Crippen molar-refractivity contribution in [2.45, 2.75) is 50.1 Å². The molecule has 2 saturated carbocycles. The Bertz CT molecular complexity index is 1030.